The normalized spacial score (nSPS) is 25.3. The molecule has 2 fully saturated rings. The summed E-state index contributed by atoms with van der Waals surface area (Å²) in [5.74, 6) is 0.363. The van der Waals surface area contributed by atoms with Crippen molar-refractivity contribution in [1.29, 1.82) is 0 Å². The van der Waals surface area contributed by atoms with E-state index in [0.29, 0.717) is 18.3 Å². The second-order valence-electron chi connectivity index (χ2n) is 5.99. The van der Waals surface area contributed by atoms with Crippen LogP contribution < -0.4 is 11.1 Å². The van der Waals surface area contributed by atoms with Gasteiger partial charge in [-0.3, -0.25) is 4.90 Å². The van der Waals surface area contributed by atoms with Crippen molar-refractivity contribution in [3.05, 3.63) is 0 Å². The maximum atomic E-state index is 8.62. The minimum atomic E-state index is 0.265. The standard InChI is InChI=1S/C13H26N4O/c1-11(17-6-2-3-7-17)9-15-10-13(4-5-13)8-12(14)16-18/h11,15,18H,2-10H2,1H3,(H2,14,16). The van der Waals surface area contributed by atoms with Gasteiger partial charge in [0, 0.05) is 25.6 Å². The maximum Gasteiger partial charge on any atom is 0.139 e. The number of amidine groups is 1. The van der Waals surface area contributed by atoms with E-state index in [1.165, 1.54) is 38.8 Å². The van der Waals surface area contributed by atoms with E-state index in [1.807, 2.05) is 0 Å². The van der Waals surface area contributed by atoms with Crippen molar-refractivity contribution in [1.82, 2.24) is 10.2 Å². The van der Waals surface area contributed by atoms with E-state index in [4.69, 9.17) is 10.9 Å². The van der Waals surface area contributed by atoms with Gasteiger partial charge < -0.3 is 16.3 Å². The highest BCUT2D eigenvalue weighted by Gasteiger charge is 2.42. The maximum absolute atomic E-state index is 8.62. The minimum absolute atomic E-state index is 0.265. The summed E-state index contributed by atoms with van der Waals surface area (Å²) in [5, 5.41) is 15.3. The van der Waals surface area contributed by atoms with Gasteiger partial charge in [0.15, 0.2) is 0 Å². The van der Waals surface area contributed by atoms with Gasteiger partial charge in [0.1, 0.15) is 5.84 Å². The molecule has 4 N–H and O–H groups in total. The molecule has 2 rings (SSSR count). The number of nitrogens with zero attached hydrogens (tertiary/aromatic N) is 2. The van der Waals surface area contributed by atoms with Crippen LogP contribution in [0.2, 0.25) is 0 Å². The summed E-state index contributed by atoms with van der Waals surface area (Å²) in [5.41, 5.74) is 5.86. The summed E-state index contributed by atoms with van der Waals surface area (Å²) in [4.78, 5) is 2.55. The smallest absolute Gasteiger partial charge is 0.139 e. The SMILES string of the molecule is CC(CNCC1(CC(N)=NO)CC1)N1CCCC1. The molecule has 0 amide bonds. The second kappa shape index (κ2) is 5.89. The number of likely N-dealkylation sites (tertiary alicyclic amines) is 1. The third-order valence-electron chi connectivity index (χ3n) is 4.35. The highest BCUT2D eigenvalue weighted by molar-refractivity contribution is 5.80. The summed E-state index contributed by atoms with van der Waals surface area (Å²) in [7, 11) is 0. The van der Waals surface area contributed by atoms with Crippen molar-refractivity contribution in [2.75, 3.05) is 26.2 Å². The average molecular weight is 254 g/mol. The number of hydrogen-bond acceptors (Lipinski definition) is 4. The molecule has 5 nitrogen and oxygen atoms in total. The van der Waals surface area contributed by atoms with Gasteiger partial charge in [0.25, 0.3) is 0 Å². The fraction of sp³-hybridized carbons (Fsp3) is 0.923. The Labute approximate surface area is 109 Å². The van der Waals surface area contributed by atoms with Crippen LogP contribution in [0, 0.1) is 5.41 Å². The van der Waals surface area contributed by atoms with Crippen LogP contribution in [0.25, 0.3) is 0 Å². The second-order valence-corrected chi connectivity index (χ2v) is 5.99. The minimum Gasteiger partial charge on any atom is -0.409 e. The zero-order valence-corrected chi connectivity index (χ0v) is 11.4. The predicted octanol–water partition coefficient (Wildman–Crippen LogP) is 0.977. The molecule has 1 saturated heterocycles. The molecule has 1 atom stereocenters. The van der Waals surface area contributed by atoms with Gasteiger partial charge in [-0.1, -0.05) is 5.16 Å². The molecule has 18 heavy (non-hydrogen) atoms. The van der Waals surface area contributed by atoms with Crippen LogP contribution >= 0.6 is 0 Å². The molecule has 0 aromatic carbocycles. The molecule has 1 saturated carbocycles. The molecule has 5 heteroatoms. The largest absolute Gasteiger partial charge is 0.409 e. The van der Waals surface area contributed by atoms with E-state index in [9.17, 15) is 0 Å². The topological polar surface area (TPSA) is 73.9 Å². The Balaban J connectivity index is 1.65. The fourth-order valence-corrected chi connectivity index (χ4v) is 2.87. The summed E-state index contributed by atoms with van der Waals surface area (Å²) in [6.45, 7) is 6.82. The Hall–Kier alpha value is -0.810. The van der Waals surface area contributed by atoms with Gasteiger partial charge in [-0.05, 0) is 51.1 Å². The van der Waals surface area contributed by atoms with Crippen molar-refractivity contribution in [2.24, 2.45) is 16.3 Å². The van der Waals surface area contributed by atoms with Gasteiger partial charge in [0.05, 0.1) is 0 Å². The number of nitrogens with two attached hydrogens (primary N) is 1. The zero-order valence-electron chi connectivity index (χ0n) is 11.4. The Kier molecular flexibility index (Phi) is 4.45. The van der Waals surface area contributed by atoms with Crippen LogP contribution in [0.15, 0.2) is 5.16 Å². The van der Waals surface area contributed by atoms with Gasteiger partial charge in [-0.2, -0.15) is 0 Å². The quantitative estimate of drug-likeness (QED) is 0.274. The van der Waals surface area contributed by atoms with E-state index in [-0.39, 0.29) is 5.41 Å². The van der Waals surface area contributed by atoms with E-state index in [0.717, 1.165) is 13.1 Å². The number of hydrogen-bond donors (Lipinski definition) is 3. The first-order valence-electron chi connectivity index (χ1n) is 7.06. The Morgan fingerprint density at radius 2 is 2.11 bits per heavy atom. The zero-order chi connectivity index (χ0) is 13.0. The molecule has 1 aliphatic carbocycles. The summed E-state index contributed by atoms with van der Waals surface area (Å²) in [6.07, 6.45) is 5.78. The van der Waals surface area contributed by atoms with Crippen molar-refractivity contribution in [2.45, 2.75) is 45.1 Å². The summed E-state index contributed by atoms with van der Waals surface area (Å²) in [6, 6.07) is 0.618. The molecule has 104 valence electrons. The van der Waals surface area contributed by atoms with Crippen molar-refractivity contribution < 1.29 is 5.21 Å². The third-order valence-corrected chi connectivity index (χ3v) is 4.35. The van der Waals surface area contributed by atoms with Crippen LogP contribution in [0.1, 0.15) is 39.0 Å². The number of rotatable bonds is 7. The predicted molar refractivity (Wildman–Crippen MR) is 72.8 cm³/mol. The van der Waals surface area contributed by atoms with Crippen LogP contribution in [0.3, 0.4) is 0 Å². The Morgan fingerprint density at radius 1 is 1.44 bits per heavy atom. The molecule has 0 radical (unpaired) electrons. The van der Waals surface area contributed by atoms with Gasteiger partial charge in [0.2, 0.25) is 0 Å². The van der Waals surface area contributed by atoms with Crippen LogP contribution in [0.5, 0.6) is 0 Å². The molecule has 0 aromatic heterocycles. The van der Waals surface area contributed by atoms with Crippen LogP contribution in [-0.4, -0.2) is 48.2 Å². The van der Waals surface area contributed by atoms with Crippen molar-refractivity contribution in [3.63, 3.8) is 0 Å². The first kappa shape index (κ1) is 13.6. The van der Waals surface area contributed by atoms with Crippen LogP contribution in [-0.2, 0) is 0 Å². The van der Waals surface area contributed by atoms with E-state index in [1.54, 1.807) is 0 Å². The van der Waals surface area contributed by atoms with Crippen LogP contribution in [0.4, 0.5) is 0 Å². The molecule has 0 bridgehead atoms. The van der Waals surface area contributed by atoms with E-state index < -0.39 is 0 Å². The molecular formula is C13H26N4O. The fourth-order valence-electron chi connectivity index (χ4n) is 2.87. The molecule has 2 aliphatic rings. The van der Waals surface area contributed by atoms with Crippen molar-refractivity contribution >= 4 is 5.84 Å². The highest BCUT2D eigenvalue weighted by atomic mass is 16.4. The van der Waals surface area contributed by atoms with Crippen molar-refractivity contribution in [3.8, 4) is 0 Å². The lowest BCUT2D eigenvalue weighted by molar-refractivity contribution is 0.247. The highest BCUT2D eigenvalue weighted by Crippen LogP contribution is 2.48. The monoisotopic (exact) mass is 254 g/mol. The Bertz CT molecular complexity index is 295. The molecule has 1 heterocycles. The van der Waals surface area contributed by atoms with Gasteiger partial charge in [-0.25, -0.2) is 0 Å². The molecule has 1 unspecified atom stereocenters. The first-order valence-corrected chi connectivity index (χ1v) is 7.06. The van der Waals surface area contributed by atoms with E-state index >= 15 is 0 Å². The molecular weight excluding hydrogens is 228 g/mol. The summed E-state index contributed by atoms with van der Waals surface area (Å²) >= 11 is 0. The average Bonchev–Trinajstić information content (AvgIpc) is 2.92. The van der Waals surface area contributed by atoms with E-state index in [2.05, 4.69) is 22.3 Å². The van der Waals surface area contributed by atoms with Gasteiger partial charge >= 0.3 is 0 Å². The summed E-state index contributed by atoms with van der Waals surface area (Å²) < 4.78 is 0. The lowest BCUT2D eigenvalue weighted by Gasteiger charge is -2.25. The molecule has 0 aromatic rings. The molecule has 0 spiro atoms. The first-order chi connectivity index (χ1) is 8.65. The number of oxime groups is 1. The third kappa shape index (κ3) is 3.59. The molecule has 1 aliphatic heterocycles. The number of nitrogens with one attached hydrogen (secondary N) is 1. The Morgan fingerprint density at radius 3 is 2.67 bits per heavy atom. The van der Waals surface area contributed by atoms with Gasteiger partial charge in [-0.15, -0.1) is 0 Å². The lowest BCUT2D eigenvalue weighted by Crippen LogP contribution is -2.40. The lowest BCUT2D eigenvalue weighted by atomic mass is 10.0.